The van der Waals surface area contributed by atoms with Crippen LogP contribution >= 0.6 is 0 Å². The maximum Gasteiger partial charge on any atom is 0.159 e. The Morgan fingerprint density at radius 3 is 1.77 bits per heavy atom. The monoisotopic (exact) mass is 682 g/mol. The van der Waals surface area contributed by atoms with Gasteiger partial charge in [0.25, 0.3) is 0 Å². The highest BCUT2D eigenvalue weighted by Crippen LogP contribution is 2.43. The number of benzene rings is 8. The third kappa shape index (κ3) is 5.23. The number of ether oxygens (including phenoxy) is 1. The van der Waals surface area contributed by atoms with Gasteiger partial charge in [-0.25, -0.2) is 0 Å². The quantitative estimate of drug-likeness (QED) is 0.168. The zero-order chi connectivity index (χ0) is 35.3. The van der Waals surface area contributed by atoms with Crippen molar-refractivity contribution in [1.82, 2.24) is 4.57 Å². The molecule has 4 nitrogen and oxygen atoms in total. The summed E-state index contributed by atoms with van der Waals surface area (Å²) in [6.45, 7) is 0. The second-order valence-corrected chi connectivity index (χ2v) is 13.3. The van der Waals surface area contributed by atoms with E-state index >= 15 is 0 Å². The van der Waals surface area contributed by atoms with Gasteiger partial charge in [0.2, 0.25) is 0 Å². The van der Waals surface area contributed by atoms with Crippen molar-refractivity contribution in [2.24, 2.45) is 0 Å². The van der Waals surface area contributed by atoms with Crippen molar-refractivity contribution in [1.29, 1.82) is 0 Å². The van der Waals surface area contributed by atoms with Gasteiger partial charge < -0.3 is 18.6 Å². The van der Waals surface area contributed by atoms with E-state index in [0.717, 1.165) is 56.0 Å². The number of aromatic nitrogens is 1. The normalized spacial score (nSPS) is 11.5. The molecule has 10 rings (SSSR count). The van der Waals surface area contributed by atoms with Gasteiger partial charge in [-0.2, -0.15) is 0 Å². The molecular weight excluding hydrogens is 649 g/mol. The first kappa shape index (κ1) is 30.8. The topological polar surface area (TPSA) is 30.5 Å². The SMILES string of the molecule is COc1ccc(-n2c3ccccc3c3cc(-c4ccc(N(c5ccc(-c6ccccc6)cc5)c5cccc6c5oc5ccccc56)cc4)ccc32)cc1. The lowest BCUT2D eigenvalue weighted by molar-refractivity contribution is 0.415. The second kappa shape index (κ2) is 12.6. The van der Waals surface area contributed by atoms with Crippen LogP contribution in [0.25, 0.3) is 71.7 Å². The molecule has 0 atom stereocenters. The van der Waals surface area contributed by atoms with E-state index in [1.54, 1.807) is 7.11 Å². The van der Waals surface area contributed by atoms with Crippen molar-refractivity contribution in [3.8, 4) is 33.7 Å². The van der Waals surface area contributed by atoms with Gasteiger partial charge in [-0.05, 0) is 101 Å². The summed E-state index contributed by atoms with van der Waals surface area (Å²) in [5.74, 6) is 0.845. The predicted molar refractivity (Wildman–Crippen MR) is 220 cm³/mol. The number of nitrogens with zero attached hydrogens (tertiary/aromatic N) is 2. The fourth-order valence-electron chi connectivity index (χ4n) is 7.73. The van der Waals surface area contributed by atoms with Gasteiger partial charge in [0.1, 0.15) is 11.3 Å². The molecule has 0 fully saturated rings. The largest absolute Gasteiger partial charge is 0.497 e. The minimum atomic E-state index is 0.845. The summed E-state index contributed by atoms with van der Waals surface area (Å²) < 4.78 is 14.3. The Morgan fingerprint density at radius 1 is 0.453 bits per heavy atom. The third-order valence-electron chi connectivity index (χ3n) is 10.3. The molecule has 0 N–H and O–H groups in total. The molecule has 252 valence electrons. The minimum absolute atomic E-state index is 0.845. The molecule has 0 saturated carbocycles. The Bertz CT molecular complexity index is 2900. The number of hydrogen-bond acceptors (Lipinski definition) is 3. The van der Waals surface area contributed by atoms with Gasteiger partial charge in [0.15, 0.2) is 5.58 Å². The third-order valence-corrected chi connectivity index (χ3v) is 10.3. The molecule has 0 radical (unpaired) electrons. The summed E-state index contributed by atoms with van der Waals surface area (Å²) in [4.78, 5) is 2.30. The Labute approximate surface area is 307 Å². The van der Waals surface area contributed by atoms with E-state index in [0.29, 0.717) is 0 Å². The summed E-state index contributed by atoms with van der Waals surface area (Å²) in [6, 6.07) is 66.5. The Hall–Kier alpha value is -7.04. The standard InChI is InChI=1S/C49H34N2O2/c1-52-40-29-27-39(28-30-40)51-45-15-7-5-12-41(45)44-32-36(22-31-46(44)51)35-20-25-38(26-21-35)50(37-23-18-34(19-24-37)33-10-3-2-4-11-33)47-16-9-14-43-42-13-6-8-17-48(42)53-49(43)47/h2-32H,1H3. The first-order valence-electron chi connectivity index (χ1n) is 17.9. The van der Waals surface area contributed by atoms with Gasteiger partial charge in [-0.1, -0.05) is 109 Å². The molecule has 2 heterocycles. The fraction of sp³-hybridized carbons (Fsp3) is 0.0204. The number of fused-ring (bicyclic) bond motifs is 6. The Morgan fingerprint density at radius 2 is 1.04 bits per heavy atom. The van der Waals surface area contributed by atoms with Crippen molar-refractivity contribution in [3.05, 3.63) is 188 Å². The molecular formula is C49H34N2O2. The minimum Gasteiger partial charge on any atom is -0.497 e. The van der Waals surface area contributed by atoms with Crippen molar-refractivity contribution in [2.75, 3.05) is 12.0 Å². The highest BCUT2D eigenvalue weighted by Gasteiger charge is 2.20. The summed E-state index contributed by atoms with van der Waals surface area (Å²) in [5.41, 5.74) is 13.0. The summed E-state index contributed by atoms with van der Waals surface area (Å²) >= 11 is 0. The van der Waals surface area contributed by atoms with Crippen LogP contribution in [0.4, 0.5) is 17.1 Å². The smallest absolute Gasteiger partial charge is 0.159 e. The van der Waals surface area contributed by atoms with Crippen molar-refractivity contribution in [2.45, 2.75) is 0 Å². The molecule has 0 unspecified atom stereocenters. The first-order valence-corrected chi connectivity index (χ1v) is 17.9. The van der Waals surface area contributed by atoms with Crippen molar-refractivity contribution in [3.63, 3.8) is 0 Å². The van der Waals surface area contributed by atoms with E-state index in [-0.39, 0.29) is 0 Å². The zero-order valence-electron chi connectivity index (χ0n) is 29.1. The average molecular weight is 683 g/mol. The molecule has 0 aliphatic heterocycles. The Balaban J connectivity index is 1.08. The average Bonchev–Trinajstić information content (AvgIpc) is 3.78. The summed E-state index contributed by atoms with van der Waals surface area (Å²) in [7, 11) is 1.70. The number of hydrogen-bond donors (Lipinski definition) is 0. The van der Waals surface area contributed by atoms with Crippen LogP contribution in [-0.2, 0) is 0 Å². The molecule has 4 heteroatoms. The highest BCUT2D eigenvalue weighted by atomic mass is 16.5. The lowest BCUT2D eigenvalue weighted by Gasteiger charge is -2.26. The zero-order valence-corrected chi connectivity index (χ0v) is 29.1. The number of anilines is 3. The predicted octanol–water partition coefficient (Wildman–Crippen LogP) is 13.5. The number of rotatable bonds is 7. The van der Waals surface area contributed by atoms with Gasteiger partial charge in [-0.3, -0.25) is 0 Å². The first-order chi connectivity index (χ1) is 26.2. The van der Waals surface area contributed by atoms with E-state index in [9.17, 15) is 0 Å². The van der Waals surface area contributed by atoms with Crippen molar-refractivity contribution < 1.29 is 9.15 Å². The number of furan rings is 1. The fourth-order valence-corrected chi connectivity index (χ4v) is 7.73. The molecule has 10 aromatic rings. The second-order valence-electron chi connectivity index (χ2n) is 13.3. The van der Waals surface area contributed by atoms with Gasteiger partial charge in [-0.15, -0.1) is 0 Å². The molecule has 0 bridgehead atoms. The van der Waals surface area contributed by atoms with Crippen LogP contribution in [-0.4, -0.2) is 11.7 Å². The number of methoxy groups -OCH3 is 1. The van der Waals surface area contributed by atoms with Crippen LogP contribution in [0, 0.1) is 0 Å². The van der Waals surface area contributed by atoms with Crippen LogP contribution in [0.5, 0.6) is 5.75 Å². The molecule has 8 aromatic carbocycles. The van der Waals surface area contributed by atoms with Gasteiger partial charge in [0.05, 0.1) is 23.8 Å². The molecule has 0 aliphatic carbocycles. The number of para-hydroxylation sites is 3. The highest BCUT2D eigenvalue weighted by molar-refractivity contribution is 6.11. The van der Waals surface area contributed by atoms with Crippen molar-refractivity contribution >= 4 is 60.8 Å². The van der Waals surface area contributed by atoms with E-state index in [4.69, 9.17) is 9.15 Å². The molecule has 53 heavy (non-hydrogen) atoms. The Kier molecular flexibility index (Phi) is 7.33. The van der Waals surface area contributed by atoms with Crippen LogP contribution < -0.4 is 9.64 Å². The maximum absolute atomic E-state index is 6.57. The van der Waals surface area contributed by atoms with Crippen LogP contribution in [0.2, 0.25) is 0 Å². The summed E-state index contributed by atoms with van der Waals surface area (Å²) in [6.07, 6.45) is 0. The molecule has 0 amide bonds. The van der Waals surface area contributed by atoms with Crippen LogP contribution in [0.15, 0.2) is 192 Å². The van der Waals surface area contributed by atoms with Gasteiger partial charge in [0, 0.05) is 38.6 Å². The van der Waals surface area contributed by atoms with Gasteiger partial charge >= 0.3 is 0 Å². The summed E-state index contributed by atoms with van der Waals surface area (Å²) in [5, 5.41) is 4.65. The van der Waals surface area contributed by atoms with E-state index in [1.165, 1.54) is 38.5 Å². The molecule has 2 aromatic heterocycles. The van der Waals surface area contributed by atoms with E-state index in [2.05, 4.69) is 173 Å². The van der Waals surface area contributed by atoms with E-state index in [1.807, 2.05) is 24.3 Å². The molecule has 0 saturated heterocycles. The maximum atomic E-state index is 6.57. The van der Waals surface area contributed by atoms with Crippen LogP contribution in [0.3, 0.4) is 0 Å². The lowest BCUT2D eigenvalue weighted by Crippen LogP contribution is -2.10. The molecule has 0 spiro atoms. The lowest BCUT2D eigenvalue weighted by atomic mass is 10.0. The van der Waals surface area contributed by atoms with Crippen LogP contribution in [0.1, 0.15) is 0 Å². The van der Waals surface area contributed by atoms with E-state index < -0.39 is 0 Å². The molecule has 0 aliphatic rings.